The number of fused-ring (bicyclic) bond motifs is 1. The minimum absolute atomic E-state index is 0.151. The Morgan fingerprint density at radius 2 is 2.05 bits per heavy atom. The van der Waals surface area contributed by atoms with E-state index in [1.165, 1.54) is 26.2 Å². The second-order valence-corrected chi connectivity index (χ2v) is 6.08. The summed E-state index contributed by atoms with van der Waals surface area (Å²) in [6, 6.07) is 5.67. The van der Waals surface area contributed by atoms with Crippen LogP contribution in [0.2, 0.25) is 5.15 Å². The first-order chi connectivity index (χ1) is 10.6. The van der Waals surface area contributed by atoms with E-state index in [1.807, 2.05) is 12.1 Å². The van der Waals surface area contributed by atoms with Crippen LogP contribution in [0.4, 0.5) is 5.82 Å². The molecular weight excluding hydrogens is 300 g/mol. The highest BCUT2D eigenvalue weighted by Gasteiger charge is 2.14. The van der Waals surface area contributed by atoms with Crippen molar-refractivity contribution in [3.8, 4) is 0 Å². The maximum atomic E-state index is 11.1. The maximum absolute atomic E-state index is 11.1. The molecule has 2 aromatic rings. The first kappa shape index (κ1) is 15.2. The van der Waals surface area contributed by atoms with Crippen LogP contribution in [-0.2, 0) is 11.3 Å². The molecule has 3 heterocycles. The summed E-state index contributed by atoms with van der Waals surface area (Å²) in [4.78, 5) is 22.2. The molecule has 116 valence electrons. The topological polar surface area (TPSA) is 58.1 Å². The molecule has 1 aliphatic heterocycles. The number of likely N-dealkylation sites (tertiary alicyclic amines) is 1. The van der Waals surface area contributed by atoms with Crippen molar-refractivity contribution in [1.29, 1.82) is 0 Å². The van der Waals surface area contributed by atoms with Gasteiger partial charge in [0, 0.05) is 18.9 Å². The molecule has 1 aliphatic rings. The molecule has 0 unspecified atom stereocenters. The number of nitrogens with one attached hydrogen (secondary N) is 1. The van der Waals surface area contributed by atoms with Crippen molar-refractivity contribution < 1.29 is 4.79 Å². The van der Waals surface area contributed by atoms with Crippen molar-refractivity contribution in [3.63, 3.8) is 0 Å². The lowest BCUT2D eigenvalue weighted by molar-refractivity contribution is -0.114. The van der Waals surface area contributed by atoms with Crippen LogP contribution in [0.15, 0.2) is 18.2 Å². The molecule has 5 nitrogen and oxygen atoms in total. The van der Waals surface area contributed by atoms with Crippen LogP contribution in [0.25, 0.3) is 11.0 Å². The van der Waals surface area contributed by atoms with E-state index in [0.29, 0.717) is 16.6 Å². The Morgan fingerprint density at radius 1 is 1.27 bits per heavy atom. The Morgan fingerprint density at radius 3 is 2.77 bits per heavy atom. The number of nitrogens with zero attached hydrogens (tertiary/aromatic N) is 3. The Hall–Kier alpha value is -1.72. The number of aromatic nitrogens is 2. The van der Waals surface area contributed by atoms with Crippen molar-refractivity contribution in [1.82, 2.24) is 14.9 Å². The van der Waals surface area contributed by atoms with Gasteiger partial charge in [0.05, 0.1) is 0 Å². The Labute approximate surface area is 134 Å². The van der Waals surface area contributed by atoms with E-state index in [4.69, 9.17) is 11.6 Å². The van der Waals surface area contributed by atoms with Crippen molar-refractivity contribution in [2.24, 2.45) is 0 Å². The summed E-state index contributed by atoms with van der Waals surface area (Å²) in [7, 11) is 0. The zero-order valence-corrected chi connectivity index (χ0v) is 13.4. The van der Waals surface area contributed by atoms with Gasteiger partial charge in [0.1, 0.15) is 11.0 Å². The summed E-state index contributed by atoms with van der Waals surface area (Å²) in [6.07, 6.45) is 3.82. The molecular formula is C16H19ClN4O. The lowest BCUT2D eigenvalue weighted by atomic mass is 10.1. The van der Waals surface area contributed by atoms with E-state index in [2.05, 4.69) is 20.2 Å². The van der Waals surface area contributed by atoms with Crippen LogP contribution in [0.1, 0.15) is 31.7 Å². The summed E-state index contributed by atoms with van der Waals surface area (Å²) in [6.45, 7) is 4.57. The van der Waals surface area contributed by atoms with Gasteiger partial charge in [0.25, 0.3) is 0 Å². The van der Waals surface area contributed by atoms with Gasteiger partial charge in [-0.05, 0) is 49.7 Å². The van der Waals surface area contributed by atoms with Crippen molar-refractivity contribution >= 4 is 34.4 Å². The summed E-state index contributed by atoms with van der Waals surface area (Å²) >= 11 is 6.14. The third-order valence-electron chi connectivity index (χ3n) is 3.87. The van der Waals surface area contributed by atoms with Crippen molar-refractivity contribution in [2.75, 3.05) is 18.4 Å². The van der Waals surface area contributed by atoms with Gasteiger partial charge in [-0.1, -0.05) is 18.0 Å². The van der Waals surface area contributed by atoms with E-state index in [0.717, 1.165) is 30.6 Å². The molecule has 0 atom stereocenters. The van der Waals surface area contributed by atoms with Crippen LogP contribution in [0.3, 0.4) is 0 Å². The number of hydrogen-bond donors (Lipinski definition) is 1. The second-order valence-electron chi connectivity index (χ2n) is 5.69. The SMILES string of the molecule is CC(=O)Nc1ccc2c(CN3CCCCC3)cc(Cl)nc2n1. The minimum Gasteiger partial charge on any atom is -0.311 e. The van der Waals surface area contributed by atoms with Gasteiger partial charge in [0.15, 0.2) is 5.65 Å². The van der Waals surface area contributed by atoms with Crippen LogP contribution in [0, 0.1) is 0 Å². The molecule has 6 heteroatoms. The second kappa shape index (κ2) is 6.58. The van der Waals surface area contributed by atoms with E-state index >= 15 is 0 Å². The number of hydrogen-bond acceptors (Lipinski definition) is 4. The molecule has 2 aromatic heterocycles. The van der Waals surface area contributed by atoms with Gasteiger partial charge in [-0.3, -0.25) is 9.69 Å². The number of piperidine rings is 1. The molecule has 1 amide bonds. The number of anilines is 1. The van der Waals surface area contributed by atoms with E-state index in [1.54, 1.807) is 6.07 Å². The average Bonchev–Trinajstić information content (AvgIpc) is 2.47. The highest BCUT2D eigenvalue weighted by molar-refractivity contribution is 6.29. The van der Waals surface area contributed by atoms with Gasteiger partial charge in [-0.2, -0.15) is 0 Å². The molecule has 0 spiro atoms. The standard InChI is InChI=1S/C16H19ClN4O/c1-11(22)18-15-6-5-13-12(9-14(17)19-16(13)20-15)10-21-7-3-2-4-8-21/h5-6,9H,2-4,7-8,10H2,1H3,(H,18,19,20,22). The van der Waals surface area contributed by atoms with E-state index in [9.17, 15) is 4.79 Å². The first-order valence-electron chi connectivity index (χ1n) is 7.58. The number of amides is 1. The van der Waals surface area contributed by atoms with Gasteiger partial charge in [-0.25, -0.2) is 9.97 Å². The predicted molar refractivity (Wildman–Crippen MR) is 88.0 cm³/mol. The van der Waals surface area contributed by atoms with E-state index < -0.39 is 0 Å². The fourth-order valence-electron chi connectivity index (χ4n) is 2.88. The average molecular weight is 319 g/mol. The Kier molecular flexibility index (Phi) is 4.55. The predicted octanol–water partition coefficient (Wildman–Crippen LogP) is 3.23. The molecule has 0 radical (unpaired) electrons. The van der Waals surface area contributed by atoms with Crippen LogP contribution in [-0.4, -0.2) is 33.9 Å². The summed E-state index contributed by atoms with van der Waals surface area (Å²) in [5.41, 5.74) is 1.71. The molecule has 0 aliphatic carbocycles. The maximum Gasteiger partial charge on any atom is 0.222 e. The highest BCUT2D eigenvalue weighted by Crippen LogP contribution is 2.24. The third-order valence-corrected chi connectivity index (χ3v) is 4.07. The zero-order chi connectivity index (χ0) is 15.5. The summed E-state index contributed by atoms with van der Waals surface area (Å²) in [5, 5.41) is 4.10. The zero-order valence-electron chi connectivity index (χ0n) is 12.6. The fourth-order valence-corrected chi connectivity index (χ4v) is 3.09. The van der Waals surface area contributed by atoms with Crippen LogP contribution in [0.5, 0.6) is 0 Å². The molecule has 1 saturated heterocycles. The molecule has 22 heavy (non-hydrogen) atoms. The van der Waals surface area contributed by atoms with Crippen LogP contribution < -0.4 is 5.32 Å². The largest absolute Gasteiger partial charge is 0.311 e. The lowest BCUT2D eigenvalue weighted by Gasteiger charge is -2.26. The highest BCUT2D eigenvalue weighted by atomic mass is 35.5. The van der Waals surface area contributed by atoms with Gasteiger partial charge < -0.3 is 5.32 Å². The molecule has 1 fully saturated rings. The smallest absolute Gasteiger partial charge is 0.222 e. The number of pyridine rings is 2. The minimum atomic E-state index is -0.151. The number of rotatable bonds is 3. The Balaban J connectivity index is 1.93. The lowest BCUT2D eigenvalue weighted by Crippen LogP contribution is -2.29. The molecule has 3 rings (SSSR count). The molecule has 0 aromatic carbocycles. The number of halogens is 1. The normalized spacial score (nSPS) is 15.9. The summed E-state index contributed by atoms with van der Waals surface area (Å²) < 4.78 is 0. The quantitative estimate of drug-likeness (QED) is 0.883. The molecule has 0 saturated carbocycles. The third kappa shape index (κ3) is 3.54. The van der Waals surface area contributed by atoms with Crippen molar-refractivity contribution in [2.45, 2.75) is 32.7 Å². The van der Waals surface area contributed by atoms with Crippen molar-refractivity contribution in [3.05, 3.63) is 28.9 Å². The monoisotopic (exact) mass is 318 g/mol. The van der Waals surface area contributed by atoms with Gasteiger partial charge >= 0.3 is 0 Å². The number of carbonyl (C=O) groups is 1. The van der Waals surface area contributed by atoms with Gasteiger partial charge in [-0.15, -0.1) is 0 Å². The summed E-state index contributed by atoms with van der Waals surface area (Å²) in [5.74, 6) is 0.348. The first-order valence-corrected chi connectivity index (χ1v) is 7.96. The fraction of sp³-hybridized carbons (Fsp3) is 0.438. The molecule has 1 N–H and O–H groups in total. The van der Waals surface area contributed by atoms with Gasteiger partial charge in [0.2, 0.25) is 5.91 Å². The van der Waals surface area contributed by atoms with Crippen LogP contribution >= 0.6 is 11.6 Å². The molecule has 0 bridgehead atoms. The Bertz CT molecular complexity index is 698. The number of carbonyl (C=O) groups excluding carboxylic acids is 1. The van der Waals surface area contributed by atoms with E-state index in [-0.39, 0.29) is 5.91 Å².